The van der Waals surface area contributed by atoms with Crippen LogP contribution in [0.15, 0.2) is 46.9 Å². The summed E-state index contributed by atoms with van der Waals surface area (Å²) in [5.41, 5.74) is 0.869. The van der Waals surface area contributed by atoms with E-state index in [1.54, 1.807) is 0 Å². The molecule has 0 atom stereocenters. The molecule has 0 fully saturated rings. The highest BCUT2D eigenvalue weighted by molar-refractivity contribution is 9.10. The molecule has 19 heavy (non-hydrogen) atoms. The number of halogens is 2. The number of hydrogen-bond acceptors (Lipinski definition) is 2. The fourth-order valence-corrected chi connectivity index (χ4v) is 1.95. The molecule has 0 bridgehead atoms. The van der Waals surface area contributed by atoms with Crippen molar-refractivity contribution in [3.05, 3.63) is 58.3 Å². The van der Waals surface area contributed by atoms with Gasteiger partial charge in [-0.1, -0.05) is 22.9 Å². The van der Waals surface area contributed by atoms with Gasteiger partial charge in [0.1, 0.15) is 17.3 Å². The van der Waals surface area contributed by atoms with Crippen LogP contribution < -0.4 is 10.1 Å². The number of hydrogen-bond donors (Lipinski definition) is 1. The number of rotatable bonds is 5. The Bertz CT molecular complexity index is 542. The second kappa shape index (κ2) is 6.68. The summed E-state index contributed by atoms with van der Waals surface area (Å²) in [5, 5.41) is 3.16. The molecule has 0 aliphatic heterocycles. The van der Waals surface area contributed by atoms with E-state index in [-0.39, 0.29) is 5.82 Å². The van der Waals surface area contributed by atoms with Crippen LogP contribution >= 0.6 is 15.9 Å². The summed E-state index contributed by atoms with van der Waals surface area (Å²) in [6.07, 6.45) is 0. The maximum absolute atomic E-state index is 13.5. The average Bonchev–Trinajstić information content (AvgIpc) is 2.38. The molecule has 1 N–H and O–H groups in total. The fraction of sp³-hybridized carbons (Fsp3) is 0.200. The van der Waals surface area contributed by atoms with Gasteiger partial charge in [-0.25, -0.2) is 4.39 Å². The Morgan fingerprint density at radius 1 is 1.11 bits per heavy atom. The molecule has 2 aromatic carbocycles. The van der Waals surface area contributed by atoms with Gasteiger partial charge < -0.3 is 10.1 Å². The minimum atomic E-state index is -0.289. The molecule has 0 saturated heterocycles. The van der Waals surface area contributed by atoms with Crippen LogP contribution in [0.1, 0.15) is 12.5 Å². The second-order valence-corrected chi connectivity index (χ2v) is 5.05. The molecule has 0 amide bonds. The third-order valence-electron chi connectivity index (χ3n) is 2.56. The first kappa shape index (κ1) is 14.0. The van der Waals surface area contributed by atoms with Crippen LogP contribution in [-0.2, 0) is 6.54 Å². The summed E-state index contributed by atoms with van der Waals surface area (Å²) in [4.78, 5) is 0. The molecule has 0 aliphatic carbocycles. The van der Waals surface area contributed by atoms with Crippen molar-refractivity contribution in [1.29, 1.82) is 0 Å². The van der Waals surface area contributed by atoms with Gasteiger partial charge in [-0.05, 0) is 48.5 Å². The maximum atomic E-state index is 13.5. The zero-order valence-corrected chi connectivity index (χ0v) is 12.2. The summed E-state index contributed by atoms with van der Waals surface area (Å²) in [5.74, 6) is 0.904. The van der Waals surface area contributed by atoms with Crippen LogP contribution in [-0.4, -0.2) is 6.54 Å². The molecule has 2 nitrogen and oxygen atoms in total. The summed E-state index contributed by atoms with van der Waals surface area (Å²) < 4.78 is 20.1. The third-order valence-corrected chi connectivity index (χ3v) is 3.09. The molecule has 2 aromatic rings. The standard InChI is InChI=1S/C15H15BrFNO/c1-2-18-10-11-7-13(17)9-15(8-11)19-14-5-3-12(16)4-6-14/h3-9,18H,2,10H2,1H3. The molecule has 0 unspecified atom stereocenters. The highest BCUT2D eigenvalue weighted by Crippen LogP contribution is 2.25. The number of benzene rings is 2. The van der Waals surface area contributed by atoms with Gasteiger partial charge in [-0.3, -0.25) is 0 Å². The Morgan fingerprint density at radius 3 is 2.53 bits per heavy atom. The summed E-state index contributed by atoms with van der Waals surface area (Å²) in [6.45, 7) is 3.49. The first-order chi connectivity index (χ1) is 9.17. The Kier molecular flexibility index (Phi) is 4.93. The number of nitrogens with one attached hydrogen (secondary N) is 1. The van der Waals surface area contributed by atoms with Crippen molar-refractivity contribution in [2.45, 2.75) is 13.5 Å². The van der Waals surface area contributed by atoms with E-state index in [9.17, 15) is 4.39 Å². The van der Waals surface area contributed by atoms with E-state index in [4.69, 9.17) is 4.74 Å². The van der Waals surface area contributed by atoms with Crippen molar-refractivity contribution in [2.24, 2.45) is 0 Å². The topological polar surface area (TPSA) is 21.3 Å². The summed E-state index contributed by atoms with van der Waals surface area (Å²) >= 11 is 3.36. The van der Waals surface area contributed by atoms with E-state index in [0.717, 1.165) is 16.6 Å². The van der Waals surface area contributed by atoms with Crippen molar-refractivity contribution < 1.29 is 9.13 Å². The Hall–Kier alpha value is -1.39. The molecule has 4 heteroatoms. The van der Waals surface area contributed by atoms with Gasteiger partial charge in [-0.2, -0.15) is 0 Å². The SMILES string of the molecule is CCNCc1cc(F)cc(Oc2ccc(Br)cc2)c1. The monoisotopic (exact) mass is 323 g/mol. The molecule has 0 spiro atoms. The van der Waals surface area contributed by atoms with Gasteiger partial charge in [0.25, 0.3) is 0 Å². The molecule has 100 valence electrons. The zero-order valence-electron chi connectivity index (χ0n) is 10.6. The first-order valence-electron chi connectivity index (χ1n) is 6.11. The van der Waals surface area contributed by atoms with E-state index in [1.807, 2.05) is 37.3 Å². The van der Waals surface area contributed by atoms with E-state index in [0.29, 0.717) is 18.0 Å². The van der Waals surface area contributed by atoms with Crippen LogP contribution in [0.4, 0.5) is 4.39 Å². The van der Waals surface area contributed by atoms with Crippen LogP contribution in [0.25, 0.3) is 0 Å². The Balaban J connectivity index is 2.15. The van der Waals surface area contributed by atoms with Gasteiger partial charge in [-0.15, -0.1) is 0 Å². The van der Waals surface area contributed by atoms with E-state index < -0.39 is 0 Å². The van der Waals surface area contributed by atoms with Crippen LogP contribution in [0, 0.1) is 5.82 Å². The molecule has 2 rings (SSSR count). The fourth-order valence-electron chi connectivity index (χ4n) is 1.69. The van der Waals surface area contributed by atoms with Gasteiger partial charge >= 0.3 is 0 Å². The lowest BCUT2D eigenvalue weighted by Crippen LogP contribution is -2.11. The molecular formula is C15H15BrFNO. The van der Waals surface area contributed by atoms with Crippen molar-refractivity contribution >= 4 is 15.9 Å². The zero-order chi connectivity index (χ0) is 13.7. The van der Waals surface area contributed by atoms with Gasteiger partial charge in [0.05, 0.1) is 0 Å². The summed E-state index contributed by atoms with van der Waals surface area (Å²) in [6, 6.07) is 12.2. The van der Waals surface area contributed by atoms with Crippen molar-refractivity contribution in [2.75, 3.05) is 6.54 Å². The minimum Gasteiger partial charge on any atom is -0.457 e. The number of ether oxygens (including phenoxy) is 1. The molecule has 0 aromatic heterocycles. The first-order valence-corrected chi connectivity index (χ1v) is 6.90. The largest absolute Gasteiger partial charge is 0.457 e. The van der Waals surface area contributed by atoms with E-state index >= 15 is 0 Å². The van der Waals surface area contributed by atoms with Gasteiger partial charge in [0.15, 0.2) is 0 Å². The molecule has 0 aliphatic rings. The molecule has 0 heterocycles. The highest BCUT2D eigenvalue weighted by atomic mass is 79.9. The van der Waals surface area contributed by atoms with E-state index in [2.05, 4.69) is 21.2 Å². The van der Waals surface area contributed by atoms with Crippen LogP contribution in [0.5, 0.6) is 11.5 Å². The second-order valence-electron chi connectivity index (χ2n) is 4.13. The lowest BCUT2D eigenvalue weighted by Gasteiger charge is -2.09. The normalized spacial score (nSPS) is 10.5. The average molecular weight is 324 g/mol. The molecular weight excluding hydrogens is 309 g/mol. The maximum Gasteiger partial charge on any atom is 0.130 e. The molecule has 0 saturated carbocycles. The lowest BCUT2D eigenvalue weighted by atomic mass is 10.2. The predicted molar refractivity (Wildman–Crippen MR) is 78.0 cm³/mol. The Labute approximate surface area is 120 Å². The lowest BCUT2D eigenvalue weighted by molar-refractivity contribution is 0.475. The Morgan fingerprint density at radius 2 is 1.84 bits per heavy atom. The predicted octanol–water partition coefficient (Wildman–Crippen LogP) is 4.49. The van der Waals surface area contributed by atoms with Crippen molar-refractivity contribution in [3.8, 4) is 11.5 Å². The van der Waals surface area contributed by atoms with Gasteiger partial charge in [0, 0.05) is 17.1 Å². The van der Waals surface area contributed by atoms with Gasteiger partial charge in [0.2, 0.25) is 0 Å². The van der Waals surface area contributed by atoms with Crippen molar-refractivity contribution in [3.63, 3.8) is 0 Å². The van der Waals surface area contributed by atoms with Crippen LogP contribution in [0.2, 0.25) is 0 Å². The van der Waals surface area contributed by atoms with E-state index in [1.165, 1.54) is 12.1 Å². The molecule has 0 radical (unpaired) electrons. The van der Waals surface area contributed by atoms with Crippen LogP contribution in [0.3, 0.4) is 0 Å². The third kappa shape index (κ3) is 4.33. The minimum absolute atomic E-state index is 0.289. The smallest absolute Gasteiger partial charge is 0.130 e. The summed E-state index contributed by atoms with van der Waals surface area (Å²) in [7, 11) is 0. The van der Waals surface area contributed by atoms with Crippen molar-refractivity contribution in [1.82, 2.24) is 5.32 Å². The quantitative estimate of drug-likeness (QED) is 0.875. The highest BCUT2D eigenvalue weighted by Gasteiger charge is 2.03.